The molecule has 0 heterocycles. The van der Waals surface area contributed by atoms with Crippen molar-refractivity contribution in [3.05, 3.63) is 49.1 Å². The van der Waals surface area contributed by atoms with Crippen LogP contribution in [-0.2, 0) is 0 Å². The van der Waals surface area contributed by atoms with E-state index < -0.39 is 5.97 Å². The van der Waals surface area contributed by atoms with Crippen LogP contribution in [0.15, 0.2) is 43.5 Å². The average molecular weight is 235 g/mol. The Morgan fingerprint density at radius 1 is 1.18 bits per heavy atom. The molecule has 1 rings (SSSR count). The predicted molar refractivity (Wildman–Crippen MR) is 64.8 cm³/mol. The van der Waals surface area contributed by atoms with Crippen molar-refractivity contribution in [3.63, 3.8) is 0 Å². The molecule has 1 aromatic rings. The Balaban J connectivity index is 2.97. The van der Waals surface area contributed by atoms with Crippen molar-refractivity contribution in [2.24, 2.45) is 0 Å². The molecule has 0 aliphatic carbocycles. The summed E-state index contributed by atoms with van der Waals surface area (Å²) >= 11 is 0. The molecule has 0 saturated heterocycles. The molecule has 0 aliphatic heterocycles. The Bertz CT molecular complexity index is 423. The molecule has 1 N–H and O–H groups in total. The van der Waals surface area contributed by atoms with Crippen LogP contribution in [-0.4, -0.2) is 24.3 Å². The van der Waals surface area contributed by atoms with Crippen LogP contribution in [0.5, 0.6) is 11.5 Å². The number of carboxylic acid groups (broad SMARTS) is 1. The fourth-order valence-corrected chi connectivity index (χ4v) is 1.17. The van der Waals surface area contributed by atoms with Gasteiger partial charge in [0.25, 0.3) is 0 Å². The Labute approximate surface area is 99.8 Å². The smallest absolute Gasteiger partial charge is 0.335 e. The summed E-state index contributed by atoms with van der Waals surface area (Å²) < 4.78 is 10.7. The number of ether oxygens (including phenoxy) is 2. The molecule has 0 atom stereocenters. The van der Waals surface area contributed by atoms with Gasteiger partial charge in [-0.25, -0.2) is 4.79 Å². The highest BCUT2D eigenvalue weighted by molar-refractivity contribution is 5.88. The van der Waals surface area contributed by atoms with Crippen LogP contribution in [0.2, 0.25) is 0 Å². The Morgan fingerprint density at radius 3 is 2.29 bits per heavy atom. The highest BCUT2D eigenvalue weighted by atomic mass is 16.5. The van der Waals surface area contributed by atoms with Crippen molar-refractivity contribution in [1.82, 2.24) is 0 Å². The van der Waals surface area contributed by atoms with E-state index in [2.05, 4.69) is 13.2 Å². The van der Waals surface area contributed by atoms with E-state index >= 15 is 0 Å². The van der Waals surface area contributed by atoms with Gasteiger partial charge in [0.05, 0.1) is 5.56 Å². The number of carboxylic acids is 1. The van der Waals surface area contributed by atoms with Crippen molar-refractivity contribution in [3.8, 4) is 11.5 Å². The molecule has 1 aromatic carbocycles. The third kappa shape index (κ3) is 3.68. The summed E-state index contributed by atoms with van der Waals surface area (Å²) in [4.78, 5) is 10.8. The van der Waals surface area contributed by atoms with Gasteiger partial charge in [0.15, 0.2) is 11.5 Å². The molecule has 0 unspecified atom stereocenters. The minimum atomic E-state index is -1.01. The number of rotatable bonds is 7. The van der Waals surface area contributed by atoms with Gasteiger partial charge in [0, 0.05) is 0 Å². The highest BCUT2D eigenvalue weighted by Gasteiger charge is 2.10. The quantitative estimate of drug-likeness (QED) is 0.582. The Hall–Kier alpha value is -2.23. The molecule has 0 aliphatic rings. The summed E-state index contributed by atoms with van der Waals surface area (Å²) in [5, 5.41) is 8.87. The third-order valence-corrected chi connectivity index (χ3v) is 1.90. The first-order valence-electron chi connectivity index (χ1n) is 5.03. The molecular formula is C13H14O4. The third-order valence-electron chi connectivity index (χ3n) is 1.90. The van der Waals surface area contributed by atoms with Crippen molar-refractivity contribution in [1.29, 1.82) is 0 Å². The predicted octanol–water partition coefficient (Wildman–Crippen LogP) is 2.51. The fraction of sp³-hybridized carbons (Fsp3) is 0.154. The van der Waals surface area contributed by atoms with Gasteiger partial charge in [-0.15, -0.1) is 0 Å². The largest absolute Gasteiger partial charge is 0.486 e. The van der Waals surface area contributed by atoms with Gasteiger partial charge in [0.1, 0.15) is 13.2 Å². The molecule has 0 amide bonds. The SMILES string of the molecule is C=CCOc1ccc([13C](=O)O)cc1OCC=C. The number of benzene rings is 1. The zero-order chi connectivity index (χ0) is 12.7. The van der Waals surface area contributed by atoms with Crippen LogP contribution >= 0.6 is 0 Å². The fourth-order valence-electron chi connectivity index (χ4n) is 1.17. The van der Waals surface area contributed by atoms with E-state index in [9.17, 15) is 4.79 Å². The van der Waals surface area contributed by atoms with E-state index in [-0.39, 0.29) is 12.2 Å². The van der Waals surface area contributed by atoms with E-state index in [1.807, 2.05) is 0 Å². The van der Waals surface area contributed by atoms with E-state index in [1.165, 1.54) is 12.1 Å². The summed E-state index contributed by atoms with van der Waals surface area (Å²) in [7, 11) is 0. The minimum absolute atomic E-state index is 0.148. The monoisotopic (exact) mass is 235 g/mol. The maximum absolute atomic E-state index is 10.8. The minimum Gasteiger partial charge on any atom is -0.486 e. The summed E-state index contributed by atoms with van der Waals surface area (Å²) in [5.74, 6) is -0.146. The van der Waals surface area contributed by atoms with Crippen LogP contribution in [0, 0.1) is 0 Å². The molecule has 0 radical (unpaired) electrons. The van der Waals surface area contributed by atoms with Gasteiger partial charge in [-0.05, 0) is 18.2 Å². The Morgan fingerprint density at radius 2 is 1.76 bits per heavy atom. The second kappa shape index (κ2) is 6.37. The molecule has 4 nitrogen and oxygen atoms in total. The van der Waals surface area contributed by atoms with Gasteiger partial charge >= 0.3 is 5.97 Å². The van der Waals surface area contributed by atoms with Gasteiger partial charge in [0.2, 0.25) is 0 Å². The summed E-state index contributed by atoms with van der Waals surface area (Å²) in [6.45, 7) is 7.68. The lowest BCUT2D eigenvalue weighted by Crippen LogP contribution is -2.02. The number of carbonyl (C=O) groups is 1. The standard InChI is InChI=1S/C13H14O4/c1-3-7-16-11-6-5-10(13(14)15)9-12(11)17-8-4-2/h3-6,9H,1-2,7-8H2,(H,14,15)/i13+1. The zero-order valence-electron chi connectivity index (χ0n) is 9.39. The molecule has 90 valence electrons. The molecule has 4 heteroatoms. The molecule has 0 saturated carbocycles. The molecular weight excluding hydrogens is 221 g/mol. The number of aromatic carboxylic acids is 1. The van der Waals surface area contributed by atoms with Crippen molar-refractivity contribution in [2.45, 2.75) is 0 Å². The lowest BCUT2D eigenvalue weighted by molar-refractivity contribution is 0.0696. The van der Waals surface area contributed by atoms with Crippen molar-refractivity contribution >= 4 is 5.97 Å². The van der Waals surface area contributed by atoms with E-state index in [0.29, 0.717) is 18.1 Å². The lowest BCUT2D eigenvalue weighted by atomic mass is 10.2. The van der Waals surface area contributed by atoms with Crippen LogP contribution in [0.1, 0.15) is 10.4 Å². The molecule has 0 fully saturated rings. The summed E-state index contributed by atoms with van der Waals surface area (Å²) in [5.41, 5.74) is 0.148. The average Bonchev–Trinajstić information content (AvgIpc) is 2.34. The van der Waals surface area contributed by atoms with Crippen LogP contribution in [0.4, 0.5) is 0 Å². The van der Waals surface area contributed by atoms with Crippen LogP contribution in [0.3, 0.4) is 0 Å². The maximum atomic E-state index is 10.8. The van der Waals surface area contributed by atoms with E-state index in [4.69, 9.17) is 14.6 Å². The van der Waals surface area contributed by atoms with E-state index in [0.717, 1.165) is 0 Å². The first kappa shape index (κ1) is 12.8. The van der Waals surface area contributed by atoms with Gasteiger partial charge in [-0.2, -0.15) is 0 Å². The Kier molecular flexibility index (Phi) is 4.81. The van der Waals surface area contributed by atoms with Gasteiger partial charge in [-0.3, -0.25) is 0 Å². The lowest BCUT2D eigenvalue weighted by Gasteiger charge is -2.11. The van der Waals surface area contributed by atoms with E-state index in [1.54, 1.807) is 18.2 Å². The second-order valence-corrected chi connectivity index (χ2v) is 3.17. The van der Waals surface area contributed by atoms with Crippen LogP contribution < -0.4 is 9.47 Å². The van der Waals surface area contributed by atoms with Crippen LogP contribution in [0.25, 0.3) is 0 Å². The second-order valence-electron chi connectivity index (χ2n) is 3.17. The van der Waals surface area contributed by atoms with Crippen molar-refractivity contribution in [2.75, 3.05) is 13.2 Å². The highest BCUT2D eigenvalue weighted by Crippen LogP contribution is 2.28. The number of hydrogen-bond donors (Lipinski definition) is 1. The first-order valence-corrected chi connectivity index (χ1v) is 5.03. The zero-order valence-corrected chi connectivity index (χ0v) is 9.39. The molecule has 0 spiro atoms. The summed E-state index contributed by atoms with van der Waals surface area (Å²) in [6.07, 6.45) is 3.17. The molecule has 0 bridgehead atoms. The maximum Gasteiger partial charge on any atom is 0.335 e. The molecule has 17 heavy (non-hydrogen) atoms. The van der Waals surface area contributed by atoms with Gasteiger partial charge < -0.3 is 14.6 Å². The molecule has 0 aromatic heterocycles. The normalized spacial score (nSPS) is 9.41. The van der Waals surface area contributed by atoms with Crippen molar-refractivity contribution < 1.29 is 19.4 Å². The topological polar surface area (TPSA) is 55.8 Å². The van der Waals surface area contributed by atoms with Gasteiger partial charge in [-0.1, -0.05) is 25.3 Å². The first-order chi connectivity index (χ1) is 8.19. The number of hydrogen-bond acceptors (Lipinski definition) is 3. The summed E-state index contributed by atoms with van der Waals surface area (Å²) in [6, 6.07) is 4.44.